The monoisotopic (exact) mass is 447 g/mol. The Morgan fingerprint density at radius 1 is 1.19 bits per heavy atom. The molecule has 140 valence electrons. The van der Waals surface area contributed by atoms with Crippen molar-refractivity contribution < 1.29 is 13.9 Å². The highest BCUT2D eigenvalue weighted by molar-refractivity contribution is 9.10. The molecule has 3 aromatic rings. The molecule has 3 aromatic carbocycles. The van der Waals surface area contributed by atoms with E-state index in [4.69, 9.17) is 4.74 Å². The topological polar surface area (TPSA) is 38.3 Å². The zero-order chi connectivity index (χ0) is 19.2. The third kappa shape index (κ3) is 4.82. The van der Waals surface area contributed by atoms with Crippen LogP contribution in [0, 0.1) is 5.82 Å². The highest BCUT2D eigenvalue weighted by atomic mass is 79.9. The third-order valence-corrected chi connectivity index (χ3v) is 5.65. The van der Waals surface area contributed by atoms with Gasteiger partial charge < -0.3 is 10.1 Å². The predicted octanol–water partition coefficient (Wildman–Crippen LogP) is 5.41. The van der Waals surface area contributed by atoms with Crippen LogP contribution in [0.15, 0.2) is 59.1 Å². The largest absolute Gasteiger partial charge is 0.496 e. The number of amides is 1. The Bertz CT molecular complexity index is 964. The second-order valence-corrected chi connectivity index (χ2v) is 7.92. The lowest BCUT2D eigenvalue weighted by Crippen LogP contribution is -2.26. The van der Waals surface area contributed by atoms with Crippen LogP contribution in [-0.4, -0.2) is 25.3 Å². The van der Waals surface area contributed by atoms with E-state index in [1.807, 2.05) is 18.2 Å². The molecule has 0 spiro atoms. The van der Waals surface area contributed by atoms with Gasteiger partial charge in [-0.1, -0.05) is 40.2 Å². The first-order chi connectivity index (χ1) is 13.1. The number of benzene rings is 3. The summed E-state index contributed by atoms with van der Waals surface area (Å²) < 4.78 is 20.2. The van der Waals surface area contributed by atoms with E-state index in [1.54, 1.807) is 31.0 Å². The van der Waals surface area contributed by atoms with Gasteiger partial charge in [-0.25, -0.2) is 4.39 Å². The summed E-state index contributed by atoms with van der Waals surface area (Å²) in [7, 11) is 1.67. The molecule has 0 radical (unpaired) electrons. The van der Waals surface area contributed by atoms with Crippen LogP contribution in [0.3, 0.4) is 0 Å². The minimum atomic E-state index is -0.505. The Morgan fingerprint density at radius 2 is 2.00 bits per heavy atom. The second kappa shape index (κ2) is 9.24. The van der Waals surface area contributed by atoms with Gasteiger partial charge in [-0.15, -0.1) is 0 Å². The van der Waals surface area contributed by atoms with Gasteiger partial charge in [0.2, 0.25) is 0 Å². The van der Waals surface area contributed by atoms with Crippen molar-refractivity contribution >= 4 is 44.4 Å². The number of rotatable bonds is 7. The number of carbonyl (C=O) groups is 1. The summed E-state index contributed by atoms with van der Waals surface area (Å²) in [6, 6.07) is 16.2. The van der Waals surface area contributed by atoms with Crippen LogP contribution in [0.5, 0.6) is 5.75 Å². The predicted molar refractivity (Wildman–Crippen MR) is 113 cm³/mol. The van der Waals surface area contributed by atoms with Gasteiger partial charge in [-0.3, -0.25) is 4.79 Å². The van der Waals surface area contributed by atoms with Gasteiger partial charge in [0.1, 0.15) is 11.6 Å². The van der Waals surface area contributed by atoms with E-state index < -0.39 is 5.82 Å². The molecular formula is C21H19BrFNO2S. The van der Waals surface area contributed by atoms with Crippen LogP contribution in [-0.2, 0) is 5.75 Å². The van der Waals surface area contributed by atoms with Crippen LogP contribution in [0.4, 0.5) is 4.39 Å². The van der Waals surface area contributed by atoms with Crippen molar-refractivity contribution in [1.29, 1.82) is 0 Å². The Hall–Kier alpha value is -2.05. The Labute approximate surface area is 170 Å². The minimum Gasteiger partial charge on any atom is -0.496 e. The van der Waals surface area contributed by atoms with E-state index in [-0.39, 0.29) is 11.5 Å². The average molecular weight is 448 g/mol. The van der Waals surface area contributed by atoms with E-state index in [2.05, 4.69) is 33.4 Å². The van der Waals surface area contributed by atoms with Gasteiger partial charge >= 0.3 is 0 Å². The highest BCUT2D eigenvalue weighted by Gasteiger charge is 2.11. The molecule has 0 bridgehead atoms. The molecule has 0 aliphatic carbocycles. The normalized spacial score (nSPS) is 10.8. The highest BCUT2D eigenvalue weighted by Crippen LogP contribution is 2.32. The van der Waals surface area contributed by atoms with Crippen molar-refractivity contribution in [3.8, 4) is 5.75 Å². The molecule has 0 heterocycles. The average Bonchev–Trinajstić information content (AvgIpc) is 2.67. The smallest absolute Gasteiger partial charge is 0.254 e. The molecule has 0 aromatic heterocycles. The Kier molecular flexibility index (Phi) is 6.74. The Balaban J connectivity index is 1.59. The number of nitrogens with one attached hydrogen (secondary N) is 1. The molecule has 1 amide bonds. The van der Waals surface area contributed by atoms with Crippen molar-refractivity contribution in [3.63, 3.8) is 0 Å². The van der Waals surface area contributed by atoms with Crippen molar-refractivity contribution in [3.05, 3.63) is 76.0 Å². The molecule has 6 heteroatoms. The fraction of sp³-hybridized carbons (Fsp3) is 0.190. The quantitative estimate of drug-likeness (QED) is 0.491. The van der Waals surface area contributed by atoms with E-state index in [0.29, 0.717) is 6.54 Å². The molecule has 3 nitrogen and oxygen atoms in total. The lowest BCUT2D eigenvalue weighted by molar-refractivity contribution is 0.0952. The zero-order valence-electron chi connectivity index (χ0n) is 14.8. The molecular weight excluding hydrogens is 429 g/mol. The maximum Gasteiger partial charge on any atom is 0.254 e. The number of fused-ring (bicyclic) bond motifs is 1. The molecule has 3 rings (SSSR count). The summed E-state index contributed by atoms with van der Waals surface area (Å²) in [4.78, 5) is 12.0. The number of carbonyl (C=O) groups excluding carboxylic acids is 1. The van der Waals surface area contributed by atoms with Crippen molar-refractivity contribution in [2.24, 2.45) is 0 Å². The number of hydrogen-bond donors (Lipinski definition) is 1. The van der Waals surface area contributed by atoms with Crippen molar-refractivity contribution in [2.75, 3.05) is 19.4 Å². The van der Waals surface area contributed by atoms with Crippen LogP contribution in [0.25, 0.3) is 10.8 Å². The number of halogens is 2. The minimum absolute atomic E-state index is 0.0730. The van der Waals surface area contributed by atoms with E-state index >= 15 is 0 Å². The maximum absolute atomic E-state index is 13.6. The van der Waals surface area contributed by atoms with Gasteiger partial charge in [0.15, 0.2) is 0 Å². The molecule has 0 fully saturated rings. The van der Waals surface area contributed by atoms with Crippen LogP contribution >= 0.6 is 27.7 Å². The second-order valence-electron chi connectivity index (χ2n) is 5.90. The van der Waals surface area contributed by atoms with Gasteiger partial charge in [-0.2, -0.15) is 11.8 Å². The molecule has 0 unspecified atom stereocenters. The summed E-state index contributed by atoms with van der Waals surface area (Å²) in [5, 5.41) is 5.06. The Morgan fingerprint density at radius 3 is 2.78 bits per heavy atom. The first-order valence-corrected chi connectivity index (χ1v) is 10.4. The lowest BCUT2D eigenvalue weighted by Gasteiger charge is -2.12. The summed E-state index contributed by atoms with van der Waals surface area (Å²) in [5.41, 5.74) is 1.21. The fourth-order valence-corrected chi connectivity index (χ4v) is 4.11. The summed E-state index contributed by atoms with van der Waals surface area (Å²) in [5.74, 6) is 1.44. The molecule has 0 saturated heterocycles. The van der Waals surface area contributed by atoms with E-state index in [1.165, 1.54) is 12.1 Å². The molecule has 0 atom stereocenters. The number of thioether (sulfide) groups is 1. The summed E-state index contributed by atoms with van der Waals surface area (Å²) >= 11 is 5.20. The number of ether oxygens (including phenoxy) is 1. The van der Waals surface area contributed by atoms with Crippen molar-refractivity contribution in [1.82, 2.24) is 5.32 Å². The van der Waals surface area contributed by atoms with Gasteiger partial charge in [0.25, 0.3) is 5.91 Å². The van der Waals surface area contributed by atoms with Gasteiger partial charge in [0.05, 0.1) is 12.7 Å². The SMILES string of the molecule is COc1ccc2cc(Br)ccc2c1CSCCNC(=O)c1ccccc1F. The van der Waals surface area contributed by atoms with Crippen molar-refractivity contribution in [2.45, 2.75) is 5.75 Å². The lowest BCUT2D eigenvalue weighted by atomic mass is 10.0. The molecule has 1 N–H and O–H groups in total. The zero-order valence-corrected chi connectivity index (χ0v) is 17.2. The molecule has 27 heavy (non-hydrogen) atoms. The number of methoxy groups -OCH3 is 1. The standard InChI is InChI=1S/C21H19BrFNO2S/c1-26-20-9-6-14-12-15(22)7-8-16(14)18(20)13-27-11-10-24-21(25)17-4-2-3-5-19(17)23/h2-9,12H,10-11,13H2,1H3,(H,24,25). The van der Waals surface area contributed by atoms with Gasteiger partial charge in [-0.05, 0) is 41.1 Å². The molecule has 0 aliphatic rings. The first-order valence-electron chi connectivity index (χ1n) is 8.45. The van der Waals surface area contributed by atoms with Crippen LogP contribution in [0.2, 0.25) is 0 Å². The maximum atomic E-state index is 13.6. The molecule has 0 saturated carbocycles. The summed E-state index contributed by atoms with van der Waals surface area (Å²) in [6.45, 7) is 0.469. The van der Waals surface area contributed by atoms with E-state index in [0.717, 1.165) is 38.1 Å². The fourth-order valence-electron chi connectivity index (χ4n) is 2.84. The molecule has 0 aliphatic heterocycles. The third-order valence-electron chi connectivity index (χ3n) is 4.17. The van der Waals surface area contributed by atoms with Crippen LogP contribution < -0.4 is 10.1 Å². The van der Waals surface area contributed by atoms with Gasteiger partial charge in [0, 0.05) is 28.1 Å². The van der Waals surface area contributed by atoms with E-state index in [9.17, 15) is 9.18 Å². The summed E-state index contributed by atoms with van der Waals surface area (Å²) in [6.07, 6.45) is 0. The van der Waals surface area contributed by atoms with Crippen LogP contribution in [0.1, 0.15) is 15.9 Å². The number of hydrogen-bond acceptors (Lipinski definition) is 3. The first kappa shape index (κ1) is 19.7.